The average Bonchev–Trinajstić information content (AvgIpc) is 3.59. The fraction of sp³-hybridized carbons (Fsp3) is 0.0889. The second kappa shape index (κ2) is 14.8. The number of aromatic nitrogens is 2. The van der Waals surface area contributed by atoms with Crippen LogP contribution in [0.5, 0.6) is 0 Å². The molecule has 0 fully saturated rings. The average molecular weight is 829 g/mol. The van der Waals surface area contributed by atoms with Crippen LogP contribution in [0, 0.1) is 23.5 Å². The van der Waals surface area contributed by atoms with Crippen LogP contribution < -0.4 is 0 Å². The Labute approximate surface area is 313 Å². The number of furan rings is 1. The van der Waals surface area contributed by atoms with Crippen LogP contribution in [0.25, 0.3) is 66.7 Å². The summed E-state index contributed by atoms with van der Waals surface area (Å²) >= 11 is 0. The van der Waals surface area contributed by atoms with E-state index in [4.69, 9.17) is 11.3 Å². The molecule has 0 bridgehead atoms. The fourth-order valence-corrected chi connectivity index (χ4v) is 5.63. The molecule has 5 heteroatoms. The quantitative estimate of drug-likeness (QED) is 0.166. The summed E-state index contributed by atoms with van der Waals surface area (Å²) in [5.41, 5.74) is 8.40. The number of rotatable bonds is 4. The molecule has 8 rings (SSSR count). The molecule has 3 aromatic heterocycles. The summed E-state index contributed by atoms with van der Waals surface area (Å²) in [4.78, 5) is 8.93. The van der Waals surface area contributed by atoms with Gasteiger partial charge in [-0.3, -0.25) is 0 Å². The summed E-state index contributed by atoms with van der Waals surface area (Å²) in [5.74, 6) is 0. The third-order valence-electron chi connectivity index (χ3n) is 8.22. The van der Waals surface area contributed by atoms with Gasteiger partial charge >= 0.3 is 0 Å². The van der Waals surface area contributed by atoms with Crippen LogP contribution in [0.15, 0.2) is 150 Å². The first kappa shape index (κ1) is 28.2. The maximum Gasteiger partial charge on any atom is 0.130 e. The third-order valence-corrected chi connectivity index (χ3v) is 8.22. The van der Waals surface area contributed by atoms with Gasteiger partial charge in [-0.05, 0) is 51.2 Å². The molecule has 0 spiro atoms. The molecule has 0 aliphatic carbocycles. The SMILES string of the molecule is CC(C)(C)c1ccc(-c2[c-]cccc2)nc1.[2H]c1c([2H])c([2H])c(-c2ccc(-c3c(C#N)ccc4c3oc3c(-c5ccccn5)[c-]ccc34)cc2)c([2H])c1[2H].[Ir]. The number of nitrogens with zero attached hydrogens (tertiary/aromatic N) is 3. The zero-order valence-electron chi connectivity index (χ0n) is 32.6. The first-order valence-electron chi connectivity index (χ1n) is 18.3. The minimum atomic E-state index is -0.432. The van der Waals surface area contributed by atoms with E-state index in [-0.39, 0.29) is 55.3 Å². The van der Waals surface area contributed by atoms with Gasteiger partial charge in [0.25, 0.3) is 0 Å². The minimum absolute atomic E-state index is 0. The van der Waals surface area contributed by atoms with Crippen LogP contribution in [0.4, 0.5) is 0 Å². The number of fused-ring (bicyclic) bond motifs is 3. The number of benzene rings is 5. The summed E-state index contributed by atoms with van der Waals surface area (Å²) in [6.45, 7) is 6.58. The molecule has 50 heavy (non-hydrogen) atoms. The van der Waals surface area contributed by atoms with Gasteiger partial charge in [0.15, 0.2) is 0 Å². The Hall–Kier alpha value is -5.66. The number of hydrogen-bond donors (Lipinski definition) is 0. The van der Waals surface area contributed by atoms with Crippen molar-refractivity contribution in [2.24, 2.45) is 0 Å². The van der Waals surface area contributed by atoms with E-state index in [0.29, 0.717) is 33.4 Å². The molecule has 0 amide bonds. The van der Waals surface area contributed by atoms with Crippen molar-refractivity contribution in [2.45, 2.75) is 26.2 Å². The van der Waals surface area contributed by atoms with E-state index in [0.717, 1.165) is 33.3 Å². The van der Waals surface area contributed by atoms with Gasteiger partial charge in [0, 0.05) is 43.4 Å². The monoisotopic (exact) mass is 829 g/mol. The first-order valence-corrected chi connectivity index (χ1v) is 15.8. The summed E-state index contributed by atoms with van der Waals surface area (Å²) in [7, 11) is 0. The van der Waals surface area contributed by atoms with Crippen LogP contribution in [-0.2, 0) is 25.5 Å². The van der Waals surface area contributed by atoms with E-state index in [1.165, 1.54) is 5.56 Å². The van der Waals surface area contributed by atoms with E-state index in [9.17, 15) is 5.26 Å². The molecule has 0 atom stereocenters. The zero-order chi connectivity index (χ0) is 38.1. The Kier molecular flexibility index (Phi) is 8.37. The molecule has 0 saturated carbocycles. The van der Waals surface area contributed by atoms with Crippen molar-refractivity contribution in [2.75, 3.05) is 0 Å². The van der Waals surface area contributed by atoms with Crippen molar-refractivity contribution >= 4 is 21.9 Å². The molecule has 0 unspecified atom stereocenters. The van der Waals surface area contributed by atoms with Gasteiger partial charge in [0.2, 0.25) is 0 Å². The molecule has 3 heterocycles. The van der Waals surface area contributed by atoms with Crippen LogP contribution in [0.1, 0.15) is 38.8 Å². The van der Waals surface area contributed by atoms with Crippen LogP contribution >= 0.6 is 0 Å². The molecule has 245 valence electrons. The Bertz CT molecular complexity index is 2660. The van der Waals surface area contributed by atoms with Crippen molar-refractivity contribution in [3.63, 3.8) is 0 Å². The molecule has 0 aliphatic heterocycles. The molecule has 0 N–H and O–H groups in total. The van der Waals surface area contributed by atoms with E-state index < -0.39 is 6.04 Å². The Morgan fingerprint density at radius 1 is 0.700 bits per heavy atom. The molecule has 4 nitrogen and oxygen atoms in total. The van der Waals surface area contributed by atoms with Gasteiger partial charge in [-0.25, -0.2) is 0 Å². The minimum Gasteiger partial charge on any atom is -0.500 e. The van der Waals surface area contributed by atoms with Gasteiger partial charge in [-0.1, -0.05) is 117 Å². The Balaban J connectivity index is 0.000000254. The van der Waals surface area contributed by atoms with Crippen molar-refractivity contribution < 1.29 is 31.4 Å². The second-order valence-corrected chi connectivity index (χ2v) is 12.4. The summed E-state index contributed by atoms with van der Waals surface area (Å²) in [6.07, 6.45) is 3.66. The molecule has 8 aromatic rings. The van der Waals surface area contributed by atoms with Crippen LogP contribution in [0.2, 0.25) is 0 Å². The van der Waals surface area contributed by atoms with Crippen molar-refractivity contribution in [3.8, 4) is 50.8 Å². The largest absolute Gasteiger partial charge is 0.500 e. The normalized spacial score (nSPS) is 12.3. The fourth-order valence-electron chi connectivity index (χ4n) is 5.63. The van der Waals surface area contributed by atoms with Gasteiger partial charge in [0.1, 0.15) is 5.58 Å². The van der Waals surface area contributed by atoms with Crippen LogP contribution in [-0.4, -0.2) is 9.97 Å². The van der Waals surface area contributed by atoms with E-state index in [2.05, 4.69) is 61.1 Å². The van der Waals surface area contributed by atoms with Gasteiger partial charge in [0.05, 0.1) is 24.1 Å². The number of nitriles is 1. The smallest absolute Gasteiger partial charge is 0.130 e. The Morgan fingerprint density at radius 2 is 1.46 bits per heavy atom. The predicted molar refractivity (Wildman–Crippen MR) is 199 cm³/mol. The standard InChI is InChI=1S/C30H17N2O.C15H16N.Ir/c31-19-23-16-17-25-24-9-6-10-26(27-11-4-5-18-32-27)29(24)33-30(25)28(23)22-14-12-21(13-15-22)20-7-2-1-3-8-20;1-15(2,3)13-9-10-14(16-11-13)12-7-5-4-6-8-12;/h1-9,11-18H;4-7,9-11H,1-3H3;/q2*-1;/i1D,2D,3D,7D,8D;;. The number of pyridine rings is 2. The zero-order valence-corrected chi connectivity index (χ0v) is 29.9. The Morgan fingerprint density at radius 3 is 2.12 bits per heavy atom. The van der Waals surface area contributed by atoms with Gasteiger partial charge in [-0.2, -0.15) is 5.26 Å². The van der Waals surface area contributed by atoms with Gasteiger partial charge < -0.3 is 14.4 Å². The first-order chi connectivity index (χ1) is 26.0. The van der Waals surface area contributed by atoms with Crippen molar-refractivity contribution in [1.29, 1.82) is 5.26 Å². The van der Waals surface area contributed by atoms with E-state index >= 15 is 0 Å². The third kappa shape index (κ3) is 7.05. The topological polar surface area (TPSA) is 62.7 Å². The molecule has 0 aliphatic rings. The maximum absolute atomic E-state index is 9.92. The van der Waals surface area contributed by atoms with Crippen molar-refractivity contribution in [3.05, 3.63) is 169 Å². The second-order valence-electron chi connectivity index (χ2n) is 12.4. The predicted octanol–water partition coefficient (Wildman–Crippen LogP) is 11.5. The molecular formula is C45H33IrN3O-2. The van der Waals surface area contributed by atoms with E-state index in [1.807, 2.05) is 66.9 Å². The summed E-state index contributed by atoms with van der Waals surface area (Å²) < 4.78 is 46.8. The maximum atomic E-state index is 9.92. The molecule has 1 radical (unpaired) electrons. The molecule has 5 aromatic carbocycles. The van der Waals surface area contributed by atoms with Gasteiger partial charge in [-0.15, -0.1) is 54.1 Å². The molecule has 0 saturated heterocycles. The number of hydrogen-bond acceptors (Lipinski definition) is 4. The summed E-state index contributed by atoms with van der Waals surface area (Å²) in [5, 5.41) is 11.6. The van der Waals surface area contributed by atoms with Crippen LogP contribution in [0.3, 0.4) is 0 Å². The molecular weight excluding hydrogens is 791 g/mol. The summed E-state index contributed by atoms with van der Waals surface area (Å²) in [6, 6.07) is 39.0. The van der Waals surface area contributed by atoms with E-state index in [1.54, 1.807) is 36.5 Å². The van der Waals surface area contributed by atoms with Crippen molar-refractivity contribution in [1.82, 2.24) is 9.97 Å².